The Morgan fingerprint density at radius 3 is 2.21 bits per heavy atom. The molecule has 0 aliphatic heterocycles. The van der Waals surface area contributed by atoms with E-state index < -0.39 is 16.1 Å². The minimum atomic E-state index is -3.78. The number of benzene rings is 3. The van der Waals surface area contributed by atoms with Crippen molar-refractivity contribution in [3.05, 3.63) is 95.6 Å². The molecule has 0 bridgehead atoms. The molecule has 5 nitrogen and oxygen atoms in total. The fourth-order valence-electron chi connectivity index (χ4n) is 3.01. The van der Waals surface area contributed by atoms with Gasteiger partial charge in [0.25, 0.3) is 0 Å². The first-order chi connectivity index (χ1) is 13.8. The second kappa shape index (κ2) is 9.03. The highest BCUT2D eigenvalue weighted by Crippen LogP contribution is 2.22. The zero-order valence-electron chi connectivity index (χ0n) is 16.4. The average Bonchev–Trinajstić information content (AvgIpc) is 2.68. The minimum Gasteiger partial charge on any atom is -0.326 e. The number of carbonyl (C=O) groups is 1. The molecule has 1 atom stereocenters. The van der Waals surface area contributed by atoms with Crippen molar-refractivity contribution in [2.45, 2.75) is 31.2 Å². The van der Waals surface area contributed by atoms with E-state index in [4.69, 9.17) is 0 Å². The number of hydrogen-bond acceptors (Lipinski definition) is 3. The first-order valence-electron chi connectivity index (χ1n) is 9.34. The van der Waals surface area contributed by atoms with Gasteiger partial charge in [0, 0.05) is 12.1 Å². The van der Waals surface area contributed by atoms with Gasteiger partial charge in [0.1, 0.15) is 0 Å². The van der Waals surface area contributed by atoms with Crippen molar-refractivity contribution < 1.29 is 13.2 Å². The zero-order valence-corrected chi connectivity index (χ0v) is 17.2. The third-order valence-corrected chi connectivity index (χ3v) is 6.01. The molecule has 0 heterocycles. The van der Waals surface area contributed by atoms with Crippen LogP contribution in [0.25, 0.3) is 0 Å². The standard InChI is InChI=1S/C23H24N2O3S/c1-17-11-13-21(14-12-17)29(27,28)25-22(19-8-4-3-5-9-19)16-23(26)24-20-10-6-7-18(2)15-20/h3-15,22,25H,16H2,1-2H3,(H,24,26)/t22-/m0/s1. The molecule has 3 aromatic rings. The van der Waals surface area contributed by atoms with Gasteiger partial charge in [-0.1, -0.05) is 60.2 Å². The Hall–Kier alpha value is -2.96. The molecule has 3 aromatic carbocycles. The van der Waals surface area contributed by atoms with Crippen molar-refractivity contribution in [3.63, 3.8) is 0 Å². The molecular formula is C23H24N2O3S. The Kier molecular flexibility index (Phi) is 6.46. The van der Waals surface area contributed by atoms with E-state index in [1.54, 1.807) is 30.3 Å². The van der Waals surface area contributed by atoms with Gasteiger partial charge in [-0.3, -0.25) is 4.79 Å². The van der Waals surface area contributed by atoms with E-state index in [1.165, 1.54) is 0 Å². The second-order valence-corrected chi connectivity index (χ2v) is 8.73. The SMILES string of the molecule is Cc1ccc(S(=O)(=O)N[C@@H](CC(=O)Nc2cccc(C)c2)c2ccccc2)cc1. The molecule has 3 rings (SSSR count). The monoisotopic (exact) mass is 408 g/mol. The molecule has 0 saturated heterocycles. The molecule has 0 unspecified atom stereocenters. The maximum absolute atomic E-state index is 12.9. The Morgan fingerprint density at radius 2 is 1.55 bits per heavy atom. The van der Waals surface area contributed by atoms with Gasteiger partial charge >= 0.3 is 0 Å². The van der Waals surface area contributed by atoms with Crippen molar-refractivity contribution in [2.75, 3.05) is 5.32 Å². The number of nitrogens with one attached hydrogen (secondary N) is 2. The van der Waals surface area contributed by atoms with Crippen LogP contribution < -0.4 is 10.0 Å². The fourth-order valence-corrected chi connectivity index (χ4v) is 4.23. The number of rotatable bonds is 7. The second-order valence-electron chi connectivity index (χ2n) is 7.02. The molecule has 0 aliphatic rings. The topological polar surface area (TPSA) is 75.3 Å². The van der Waals surface area contributed by atoms with Gasteiger partial charge in [-0.15, -0.1) is 0 Å². The molecule has 1 amide bonds. The average molecular weight is 409 g/mol. The van der Waals surface area contributed by atoms with Crippen LogP contribution in [0.2, 0.25) is 0 Å². The summed E-state index contributed by atoms with van der Waals surface area (Å²) >= 11 is 0. The van der Waals surface area contributed by atoms with Crippen molar-refractivity contribution in [1.29, 1.82) is 0 Å². The van der Waals surface area contributed by atoms with Crippen molar-refractivity contribution >= 4 is 21.6 Å². The fraction of sp³-hybridized carbons (Fsp3) is 0.174. The summed E-state index contributed by atoms with van der Waals surface area (Å²) in [5.74, 6) is -0.268. The van der Waals surface area contributed by atoms with Gasteiger partial charge in [0.15, 0.2) is 0 Å². The molecule has 0 fully saturated rings. The predicted molar refractivity (Wildman–Crippen MR) is 115 cm³/mol. The lowest BCUT2D eigenvalue weighted by atomic mass is 10.0. The molecule has 150 valence electrons. The summed E-state index contributed by atoms with van der Waals surface area (Å²) in [6.45, 7) is 3.84. The predicted octanol–water partition coefficient (Wildman–Crippen LogP) is 4.35. The quantitative estimate of drug-likeness (QED) is 0.610. The summed E-state index contributed by atoms with van der Waals surface area (Å²) in [5.41, 5.74) is 3.41. The highest BCUT2D eigenvalue weighted by Gasteiger charge is 2.23. The van der Waals surface area contributed by atoms with Crippen LogP contribution in [0, 0.1) is 13.8 Å². The highest BCUT2D eigenvalue weighted by atomic mass is 32.2. The van der Waals surface area contributed by atoms with Gasteiger partial charge in [-0.25, -0.2) is 13.1 Å². The lowest BCUT2D eigenvalue weighted by molar-refractivity contribution is -0.116. The van der Waals surface area contributed by atoms with Crippen molar-refractivity contribution in [2.24, 2.45) is 0 Å². The van der Waals surface area contributed by atoms with Gasteiger partial charge in [0.2, 0.25) is 15.9 Å². The van der Waals surface area contributed by atoms with Crippen molar-refractivity contribution in [3.8, 4) is 0 Å². The Labute approximate surface area is 171 Å². The zero-order chi connectivity index (χ0) is 20.9. The number of carbonyl (C=O) groups excluding carboxylic acids is 1. The number of aryl methyl sites for hydroxylation is 2. The van der Waals surface area contributed by atoms with Gasteiger partial charge in [0.05, 0.1) is 10.9 Å². The van der Waals surface area contributed by atoms with E-state index in [2.05, 4.69) is 10.0 Å². The summed E-state index contributed by atoms with van der Waals surface area (Å²) in [6.07, 6.45) is -0.0248. The Bertz CT molecular complexity index is 1080. The first kappa shape index (κ1) is 20.8. The molecule has 0 aliphatic carbocycles. The molecule has 0 spiro atoms. The summed E-state index contributed by atoms with van der Waals surface area (Å²) in [5, 5.41) is 2.84. The van der Waals surface area contributed by atoms with Gasteiger partial charge < -0.3 is 5.32 Å². The van der Waals surface area contributed by atoms with Gasteiger partial charge in [-0.2, -0.15) is 0 Å². The Morgan fingerprint density at radius 1 is 0.862 bits per heavy atom. The van der Waals surface area contributed by atoms with Crippen LogP contribution in [-0.4, -0.2) is 14.3 Å². The number of amides is 1. The summed E-state index contributed by atoms with van der Waals surface area (Å²) in [6, 6.07) is 22.5. The molecular weight excluding hydrogens is 384 g/mol. The van der Waals surface area contributed by atoms with Crippen molar-refractivity contribution in [1.82, 2.24) is 4.72 Å². The highest BCUT2D eigenvalue weighted by molar-refractivity contribution is 7.89. The lowest BCUT2D eigenvalue weighted by Crippen LogP contribution is -2.31. The molecule has 0 radical (unpaired) electrons. The smallest absolute Gasteiger partial charge is 0.241 e. The maximum atomic E-state index is 12.9. The molecule has 2 N–H and O–H groups in total. The van der Waals surface area contributed by atoms with E-state index in [0.29, 0.717) is 5.69 Å². The van der Waals surface area contributed by atoms with Crippen LogP contribution in [0.5, 0.6) is 0 Å². The molecule has 6 heteroatoms. The van der Waals surface area contributed by atoms with Gasteiger partial charge in [-0.05, 0) is 49.2 Å². The van der Waals surface area contributed by atoms with Crippen LogP contribution >= 0.6 is 0 Å². The van der Waals surface area contributed by atoms with E-state index in [9.17, 15) is 13.2 Å². The molecule has 0 saturated carbocycles. The molecule has 29 heavy (non-hydrogen) atoms. The van der Waals surface area contributed by atoms with E-state index in [1.807, 2.05) is 62.4 Å². The van der Waals surface area contributed by atoms with E-state index >= 15 is 0 Å². The number of sulfonamides is 1. The third kappa shape index (κ3) is 5.76. The van der Waals surface area contributed by atoms with Crippen LogP contribution in [0.4, 0.5) is 5.69 Å². The van der Waals surface area contributed by atoms with Crippen LogP contribution in [0.3, 0.4) is 0 Å². The van der Waals surface area contributed by atoms with Crippen LogP contribution in [-0.2, 0) is 14.8 Å². The number of hydrogen-bond donors (Lipinski definition) is 2. The van der Waals surface area contributed by atoms with E-state index in [0.717, 1.165) is 16.7 Å². The summed E-state index contributed by atoms with van der Waals surface area (Å²) < 4.78 is 28.4. The van der Waals surface area contributed by atoms with Crippen LogP contribution in [0.1, 0.15) is 29.2 Å². The Balaban J connectivity index is 1.81. The molecule has 0 aromatic heterocycles. The van der Waals surface area contributed by atoms with Crippen LogP contribution in [0.15, 0.2) is 83.8 Å². The maximum Gasteiger partial charge on any atom is 0.241 e. The lowest BCUT2D eigenvalue weighted by Gasteiger charge is -2.19. The normalized spacial score (nSPS) is 12.3. The van der Waals surface area contributed by atoms with E-state index in [-0.39, 0.29) is 17.2 Å². The largest absolute Gasteiger partial charge is 0.326 e. The first-order valence-corrected chi connectivity index (χ1v) is 10.8. The third-order valence-electron chi connectivity index (χ3n) is 4.52. The minimum absolute atomic E-state index is 0.0248. The summed E-state index contributed by atoms with van der Waals surface area (Å²) in [7, 11) is -3.78. The number of anilines is 1. The summed E-state index contributed by atoms with van der Waals surface area (Å²) in [4.78, 5) is 12.8.